The van der Waals surface area contributed by atoms with Gasteiger partial charge in [0.2, 0.25) is 0 Å². The summed E-state index contributed by atoms with van der Waals surface area (Å²) in [7, 11) is 1.66. The number of urea groups is 1. The average Bonchev–Trinajstić information content (AvgIpc) is 3.12. The van der Waals surface area contributed by atoms with Gasteiger partial charge in [-0.1, -0.05) is 34.1 Å². The van der Waals surface area contributed by atoms with Gasteiger partial charge in [0.25, 0.3) is 0 Å². The van der Waals surface area contributed by atoms with E-state index in [1.807, 2.05) is 53.4 Å². The van der Waals surface area contributed by atoms with Crippen LogP contribution in [0.3, 0.4) is 0 Å². The Kier molecular flexibility index (Phi) is 5.28. The molecule has 0 bridgehead atoms. The molecule has 2 aliphatic heterocycles. The molecule has 146 valence electrons. The van der Waals surface area contributed by atoms with Crippen molar-refractivity contribution in [2.45, 2.75) is 18.4 Å². The summed E-state index contributed by atoms with van der Waals surface area (Å²) in [6.07, 6.45) is 3.60. The molecule has 1 fully saturated rings. The molecule has 1 saturated heterocycles. The lowest BCUT2D eigenvalue weighted by Crippen LogP contribution is -2.48. The number of likely N-dealkylation sites (tertiary alicyclic amines) is 1. The SMILES string of the molecule is COc1cccc(C2=CC3(CCN(C(=O)Nc4cccc(Br)c4)CC3)ON2)c1. The first-order valence-corrected chi connectivity index (χ1v) is 9.99. The number of hydrogen-bond donors (Lipinski definition) is 2. The van der Waals surface area contributed by atoms with Crippen LogP contribution in [0.1, 0.15) is 18.4 Å². The van der Waals surface area contributed by atoms with Crippen LogP contribution in [0.15, 0.2) is 59.1 Å². The molecule has 0 saturated carbocycles. The molecule has 2 N–H and O–H groups in total. The number of amides is 2. The minimum Gasteiger partial charge on any atom is -0.497 e. The Morgan fingerprint density at radius 3 is 2.75 bits per heavy atom. The number of hydrogen-bond acceptors (Lipinski definition) is 4. The van der Waals surface area contributed by atoms with Gasteiger partial charge in [-0.25, -0.2) is 4.79 Å². The van der Waals surface area contributed by atoms with Gasteiger partial charge >= 0.3 is 6.03 Å². The van der Waals surface area contributed by atoms with Crippen LogP contribution in [0.2, 0.25) is 0 Å². The lowest BCUT2D eigenvalue weighted by molar-refractivity contribution is -0.0634. The van der Waals surface area contributed by atoms with Gasteiger partial charge in [0, 0.05) is 41.7 Å². The van der Waals surface area contributed by atoms with E-state index in [1.54, 1.807) is 7.11 Å². The van der Waals surface area contributed by atoms with Gasteiger partial charge < -0.3 is 15.0 Å². The molecule has 0 radical (unpaired) electrons. The monoisotopic (exact) mass is 443 g/mol. The molecule has 2 aromatic carbocycles. The van der Waals surface area contributed by atoms with Gasteiger partial charge in [-0.2, -0.15) is 0 Å². The minimum absolute atomic E-state index is 0.0871. The summed E-state index contributed by atoms with van der Waals surface area (Å²) < 4.78 is 6.23. The minimum atomic E-state index is -0.384. The third-order valence-corrected chi connectivity index (χ3v) is 5.62. The molecule has 2 heterocycles. The molecule has 0 unspecified atom stereocenters. The first-order chi connectivity index (χ1) is 13.6. The highest BCUT2D eigenvalue weighted by molar-refractivity contribution is 9.10. The number of carbonyl (C=O) groups is 1. The van der Waals surface area contributed by atoms with E-state index in [-0.39, 0.29) is 11.6 Å². The fourth-order valence-electron chi connectivity index (χ4n) is 3.51. The number of nitrogens with one attached hydrogen (secondary N) is 2. The lowest BCUT2D eigenvalue weighted by Gasteiger charge is -2.36. The Balaban J connectivity index is 1.39. The second-order valence-corrected chi connectivity index (χ2v) is 7.90. The zero-order valence-corrected chi connectivity index (χ0v) is 17.2. The predicted molar refractivity (Wildman–Crippen MR) is 112 cm³/mol. The first kappa shape index (κ1) is 18.8. The average molecular weight is 444 g/mol. The van der Waals surface area contributed by atoms with Crippen molar-refractivity contribution < 1.29 is 14.4 Å². The number of rotatable bonds is 3. The van der Waals surface area contributed by atoms with Gasteiger partial charge in [0.05, 0.1) is 12.8 Å². The van der Waals surface area contributed by atoms with E-state index >= 15 is 0 Å². The van der Waals surface area contributed by atoms with Crippen molar-refractivity contribution in [3.05, 3.63) is 64.6 Å². The Morgan fingerprint density at radius 2 is 2.00 bits per heavy atom. The topological polar surface area (TPSA) is 62.8 Å². The molecule has 4 rings (SSSR count). The van der Waals surface area contributed by atoms with Crippen LogP contribution >= 0.6 is 15.9 Å². The molecule has 0 aliphatic carbocycles. The van der Waals surface area contributed by atoms with Gasteiger partial charge in [0.1, 0.15) is 11.4 Å². The Labute approximate surface area is 172 Å². The molecule has 7 heteroatoms. The number of methoxy groups -OCH3 is 1. The van der Waals surface area contributed by atoms with Crippen LogP contribution in [0.4, 0.5) is 10.5 Å². The van der Waals surface area contributed by atoms with E-state index in [0.717, 1.165) is 40.0 Å². The molecule has 28 heavy (non-hydrogen) atoms. The summed E-state index contributed by atoms with van der Waals surface area (Å²) in [5.41, 5.74) is 5.40. The molecule has 6 nitrogen and oxygen atoms in total. The molecule has 2 aromatic rings. The maximum Gasteiger partial charge on any atom is 0.321 e. The quantitative estimate of drug-likeness (QED) is 0.737. The van der Waals surface area contributed by atoms with Crippen LogP contribution in [0, 0.1) is 0 Å². The highest BCUT2D eigenvalue weighted by atomic mass is 79.9. The van der Waals surface area contributed by atoms with Gasteiger partial charge in [-0.3, -0.25) is 10.3 Å². The van der Waals surface area contributed by atoms with Crippen LogP contribution in [-0.4, -0.2) is 36.7 Å². The number of nitrogens with zero attached hydrogens (tertiary/aromatic N) is 1. The van der Waals surface area contributed by atoms with E-state index in [1.165, 1.54) is 0 Å². The number of benzene rings is 2. The van der Waals surface area contributed by atoms with E-state index < -0.39 is 0 Å². The van der Waals surface area contributed by atoms with Crippen molar-refractivity contribution in [1.29, 1.82) is 0 Å². The molecular weight excluding hydrogens is 422 g/mol. The lowest BCUT2D eigenvalue weighted by atomic mass is 9.90. The second kappa shape index (κ2) is 7.85. The molecule has 0 aromatic heterocycles. The summed E-state index contributed by atoms with van der Waals surface area (Å²) >= 11 is 3.42. The Hall–Kier alpha value is -2.51. The smallest absolute Gasteiger partial charge is 0.321 e. The molecule has 0 atom stereocenters. The first-order valence-electron chi connectivity index (χ1n) is 9.20. The Morgan fingerprint density at radius 1 is 1.21 bits per heavy atom. The summed E-state index contributed by atoms with van der Waals surface area (Å²) in [5, 5.41) is 2.95. The number of hydroxylamine groups is 1. The van der Waals surface area contributed by atoms with Crippen LogP contribution < -0.4 is 15.5 Å². The fourth-order valence-corrected chi connectivity index (χ4v) is 3.91. The van der Waals surface area contributed by atoms with Crippen LogP contribution in [0.5, 0.6) is 5.75 Å². The van der Waals surface area contributed by atoms with Crippen molar-refractivity contribution in [2.75, 3.05) is 25.5 Å². The molecule has 1 spiro atoms. The third-order valence-electron chi connectivity index (χ3n) is 5.13. The third kappa shape index (κ3) is 4.00. The predicted octanol–water partition coefficient (Wildman–Crippen LogP) is 4.40. The van der Waals surface area contributed by atoms with Crippen molar-refractivity contribution in [3.63, 3.8) is 0 Å². The number of ether oxygens (including phenoxy) is 1. The van der Waals surface area contributed by atoms with Gasteiger partial charge in [-0.05, 0) is 36.4 Å². The van der Waals surface area contributed by atoms with Crippen molar-refractivity contribution in [1.82, 2.24) is 10.4 Å². The molecule has 2 aliphatic rings. The number of piperidine rings is 1. The van der Waals surface area contributed by atoms with E-state index in [2.05, 4.69) is 32.8 Å². The van der Waals surface area contributed by atoms with Crippen LogP contribution in [-0.2, 0) is 4.84 Å². The fraction of sp³-hybridized carbons (Fsp3) is 0.286. The number of carbonyl (C=O) groups excluding carboxylic acids is 1. The van der Waals surface area contributed by atoms with E-state index in [0.29, 0.717) is 13.1 Å². The van der Waals surface area contributed by atoms with E-state index in [4.69, 9.17) is 9.57 Å². The number of halogens is 1. The van der Waals surface area contributed by atoms with Gasteiger partial charge in [-0.15, -0.1) is 0 Å². The van der Waals surface area contributed by atoms with E-state index in [9.17, 15) is 4.79 Å². The standard InChI is InChI=1S/C21H22BrN3O3/c1-27-18-7-2-4-15(12-18)19-14-21(28-24-19)8-10-25(11-9-21)20(26)23-17-6-3-5-16(22)13-17/h2-7,12-14,24H,8-11H2,1H3,(H,23,26). The number of anilines is 1. The van der Waals surface area contributed by atoms with Crippen molar-refractivity contribution in [2.24, 2.45) is 0 Å². The van der Waals surface area contributed by atoms with Crippen molar-refractivity contribution >= 4 is 33.3 Å². The second-order valence-electron chi connectivity index (χ2n) is 6.99. The summed E-state index contributed by atoms with van der Waals surface area (Å²) in [5.74, 6) is 0.806. The van der Waals surface area contributed by atoms with Crippen molar-refractivity contribution in [3.8, 4) is 5.75 Å². The van der Waals surface area contributed by atoms with Crippen LogP contribution in [0.25, 0.3) is 5.70 Å². The zero-order valence-electron chi connectivity index (χ0n) is 15.6. The molecule has 2 amide bonds. The maximum absolute atomic E-state index is 12.6. The molecular formula is C21H22BrN3O3. The Bertz CT molecular complexity index is 907. The summed E-state index contributed by atoms with van der Waals surface area (Å²) in [6, 6.07) is 15.4. The highest BCUT2D eigenvalue weighted by Gasteiger charge is 2.39. The summed E-state index contributed by atoms with van der Waals surface area (Å²) in [4.78, 5) is 20.3. The summed E-state index contributed by atoms with van der Waals surface area (Å²) in [6.45, 7) is 1.26. The largest absolute Gasteiger partial charge is 0.497 e. The maximum atomic E-state index is 12.6. The highest BCUT2D eigenvalue weighted by Crippen LogP contribution is 2.35. The zero-order chi connectivity index (χ0) is 19.6. The normalized spacial score (nSPS) is 17.8. The van der Waals surface area contributed by atoms with Gasteiger partial charge in [0.15, 0.2) is 0 Å².